The lowest BCUT2D eigenvalue weighted by Gasteiger charge is -2.10. The summed E-state index contributed by atoms with van der Waals surface area (Å²) in [5, 5.41) is 16.6. The Morgan fingerprint density at radius 2 is 1.79 bits per heavy atom. The van der Waals surface area contributed by atoms with E-state index in [9.17, 15) is 4.39 Å². The Labute approximate surface area is 209 Å². The van der Waals surface area contributed by atoms with Gasteiger partial charge in [0, 0.05) is 11.2 Å². The molecule has 0 amide bonds. The standard InChI is InChI=1S/C23H21BrClFN6S/c1-14-21(15(2)32(29-14)11-16-7-9-18(26)10-8-16)27-23(33)28-22-19(24)13-31(30-22)12-17-5-3-4-6-20(17)25/h3-10,13H,11-12H2,1-2H3,(H2,27,28,30,33). The van der Waals surface area contributed by atoms with Gasteiger partial charge in [-0.1, -0.05) is 41.9 Å². The van der Waals surface area contributed by atoms with E-state index in [-0.39, 0.29) is 5.82 Å². The van der Waals surface area contributed by atoms with E-state index in [1.807, 2.05) is 49.0 Å². The molecule has 6 nitrogen and oxygen atoms in total. The summed E-state index contributed by atoms with van der Waals surface area (Å²) in [5.41, 5.74) is 4.48. The van der Waals surface area contributed by atoms with Crippen LogP contribution in [-0.2, 0) is 13.1 Å². The maximum Gasteiger partial charge on any atom is 0.176 e. The zero-order valence-corrected chi connectivity index (χ0v) is 21.1. The maximum atomic E-state index is 13.2. The van der Waals surface area contributed by atoms with Crippen LogP contribution in [0.15, 0.2) is 59.2 Å². The van der Waals surface area contributed by atoms with E-state index in [4.69, 9.17) is 23.8 Å². The summed E-state index contributed by atoms with van der Waals surface area (Å²) >= 11 is 15.3. The highest BCUT2D eigenvalue weighted by molar-refractivity contribution is 9.10. The summed E-state index contributed by atoms with van der Waals surface area (Å²) in [6, 6.07) is 14.1. The number of benzene rings is 2. The van der Waals surface area contributed by atoms with Gasteiger partial charge in [-0.3, -0.25) is 9.36 Å². The van der Waals surface area contributed by atoms with Crippen molar-refractivity contribution in [2.24, 2.45) is 0 Å². The van der Waals surface area contributed by atoms with Crippen LogP contribution in [-0.4, -0.2) is 24.7 Å². The van der Waals surface area contributed by atoms with Crippen molar-refractivity contribution in [2.45, 2.75) is 26.9 Å². The molecule has 0 bridgehead atoms. The van der Waals surface area contributed by atoms with Crippen molar-refractivity contribution in [1.29, 1.82) is 0 Å². The van der Waals surface area contributed by atoms with Crippen molar-refractivity contribution in [2.75, 3.05) is 10.6 Å². The normalized spacial score (nSPS) is 10.9. The molecule has 4 rings (SSSR count). The highest BCUT2D eigenvalue weighted by Gasteiger charge is 2.15. The van der Waals surface area contributed by atoms with Gasteiger partial charge in [0.25, 0.3) is 0 Å². The van der Waals surface area contributed by atoms with E-state index in [1.54, 1.807) is 16.8 Å². The number of thiocarbonyl (C=S) groups is 1. The van der Waals surface area contributed by atoms with E-state index < -0.39 is 0 Å². The average molecular weight is 548 g/mol. The monoisotopic (exact) mass is 546 g/mol. The van der Waals surface area contributed by atoms with Crippen molar-refractivity contribution in [3.8, 4) is 0 Å². The van der Waals surface area contributed by atoms with Crippen molar-refractivity contribution in [3.05, 3.63) is 92.6 Å². The third-order valence-corrected chi connectivity index (χ3v) is 6.26. The summed E-state index contributed by atoms with van der Waals surface area (Å²) < 4.78 is 17.6. The molecule has 0 fully saturated rings. The van der Waals surface area contributed by atoms with Gasteiger partial charge in [-0.15, -0.1) is 0 Å². The molecule has 2 aromatic carbocycles. The molecule has 2 heterocycles. The number of aromatic nitrogens is 4. The lowest BCUT2D eigenvalue weighted by Crippen LogP contribution is -2.20. The van der Waals surface area contributed by atoms with Gasteiger partial charge < -0.3 is 10.6 Å². The van der Waals surface area contributed by atoms with Gasteiger partial charge in [-0.25, -0.2) is 4.39 Å². The van der Waals surface area contributed by atoms with E-state index in [1.165, 1.54) is 12.1 Å². The number of nitrogens with zero attached hydrogens (tertiary/aromatic N) is 4. The average Bonchev–Trinajstić information content (AvgIpc) is 3.24. The van der Waals surface area contributed by atoms with Gasteiger partial charge in [0.15, 0.2) is 10.9 Å². The molecule has 0 spiro atoms. The van der Waals surface area contributed by atoms with Crippen LogP contribution in [0.4, 0.5) is 15.9 Å². The molecule has 0 atom stereocenters. The van der Waals surface area contributed by atoms with E-state index >= 15 is 0 Å². The molecule has 33 heavy (non-hydrogen) atoms. The maximum absolute atomic E-state index is 13.2. The van der Waals surface area contributed by atoms with Gasteiger partial charge >= 0.3 is 0 Å². The Morgan fingerprint density at radius 1 is 1.06 bits per heavy atom. The van der Waals surface area contributed by atoms with Crippen LogP contribution in [0.2, 0.25) is 5.02 Å². The van der Waals surface area contributed by atoms with Crippen LogP contribution in [0.3, 0.4) is 0 Å². The second-order valence-electron chi connectivity index (χ2n) is 7.52. The predicted octanol–water partition coefficient (Wildman–Crippen LogP) is 6.16. The second-order valence-corrected chi connectivity index (χ2v) is 9.19. The van der Waals surface area contributed by atoms with Gasteiger partial charge in [0.05, 0.1) is 34.6 Å². The summed E-state index contributed by atoms with van der Waals surface area (Å²) in [6.45, 7) is 4.94. The first-order valence-corrected chi connectivity index (χ1v) is 11.7. The van der Waals surface area contributed by atoms with Crippen LogP contribution >= 0.6 is 39.7 Å². The van der Waals surface area contributed by atoms with Gasteiger partial charge in [0.1, 0.15) is 5.82 Å². The molecule has 0 aliphatic heterocycles. The molecule has 0 saturated heterocycles. The summed E-state index contributed by atoms with van der Waals surface area (Å²) in [5.74, 6) is 0.333. The van der Waals surface area contributed by atoms with Crippen molar-refractivity contribution < 1.29 is 4.39 Å². The Kier molecular flexibility index (Phi) is 7.11. The summed E-state index contributed by atoms with van der Waals surface area (Å²) in [6.07, 6.45) is 1.87. The molecule has 0 saturated carbocycles. The van der Waals surface area contributed by atoms with Gasteiger partial charge in [0.2, 0.25) is 0 Å². The van der Waals surface area contributed by atoms with Gasteiger partial charge in [-0.05, 0) is 71.3 Å². The summed E-state index contributed by atoms with van der Waals surface area (Å²) in [4.78, 5) is 0. The van der Waals surface area contributed by atoms with E-state index in [2.05, 4.69) is 36.8 Å². The first-order valence-electron chi connectivity index (χ1n) is 10.1. The second kappa shape index (κ2) is 10.0. The number of aryl methyl sites for hydroxylation is 1. The molecular weight excluding hydrogens is 527 g/mol. The fourth-order valence-corrected chi connectivity index (χ4v) is 4.22. The van der Waals surface area contributed by atoms with Crippen LogP contribution in [0.5, 0.6) is 0 Å². The molecule has 10 heteroatoms. The lowest BCUT2D eigenvalue weighted by atomic mass is 10.2. The topological polar surface area (TPSA) is 59.7 Å². The number of nitrogens with one attached hydrogen (secondary N) is 2. The van der Waals surface area contributed by atoms with Crippen LogP contribution in [0.25, 0.3) is 0 Å². The zero-order chi connectivity index (χ0) is 23.5. The Bertz CT molecular complexity index is 1300. The molecule has 0 unspecified atom stereocenters. The van der Waals surface area contributed by atoms with Crippen LogP contribution in [0, 0.1) is 19.7 Å². The van der Waals surface area contributed by atoms with E-state index in [0.717, 1.165) is 32.7 Å². The number of hydrogen-bond acceptors (Lipinski definition) is 3. The van der Waals surface area contributed by atoms with Crippen LogP contribution in [0.1, 0.15) is 22.5 Å². The quantitative estimate of drug-likeness (QED) is 0.283. The fourth-order valence-electron chi connectivity index (χ4n) is 3.41. The Morgan fingerprint density at radius 3 is 2.52 bits per heavy atom. The van der Waals surface area contributed by atoms with Gasteiger partial charge in [-0.2, -0.15) is 10.2 Å². The number of anilines is 2. The molecular formula is C23H21BrClFN6S. The molecule has 0 aliphatic carbocycles. The smallest absolute Gasteiger partial charge is 0.176 e. The first kappa shape index (κ1) is 23.4. The number of halogens is 3. The zero-order valence-electron chi connectivity index (χ0n) is 17.9. The fraction of sp³-hybridized carbons (Fsp3) is 0.174. The lowest BCUT2D eigenvalue weighted by molar-refractivity contribution is 0.622. The van der Waals surface area contributed by atoms with Crippen molar-refractivity contribution in [3.63, 3.8) is 0 Å². The van der Waals surface area contributed by atoms with Crippen molar-refractivity contribution in [1.82, 2.24) is 19.6 Å². The first-order chi connectivity index (χ1) is 15.8. The minimum Gasteiger partial charge on any atom is -0.329 e. The SMILES string of the molecule is Cc1nn(Cc2ccc(F)cc2)c(C)c1NC(=S)Nc1nn(Cc2ccccc2Cl)cc1Br. The molecule has 4 aromatic rings. The predicted molar refractivity (Wildman–Crippen MR) is 138 cm³/mol. The highest BCUT2D eigenvalue weighted by Crippen LogP contribution is 2.24. The van der Waals surface area contributed by atoms with E-state index in [0.29, 0.717) is 29.0 Å². The Balaban J connectivity index is 1.44. The molecule has 2 aromatic heterocycles. The molecule has 0 aliphatic rings. The largest absolute Gasteiger partial charge is 0.329 e. The summed E-state index contributed by atoms with van der Waals surface area (Å²) in [7, 11) is 0. The van der Waals surface area contributed by atoms with Crippen molar-refractivity contribution >= 4 is 56.4 Å². The molecule has 2 N–H and O–H groups in total. The number of rotatable bonds is 6. The molecule has 170 valence electrons. The Hall–Kier alpha value is -2.75. The number of hydrogen-bond donors (Lipinski definition) is 2. The minimum absolute atomic E-state index is 0.258. The highest BCUT2D eigenvalue weighted by atomic mass is 79.9. The minimum atomic E-state index is -0.258. The third-order valence-electron chi connectivity index (χ3n) is 5.10. The third kappa shape index (κ3) is 5.61. The van der Waals surface area contributed by atoms with Crippen LogP contribution < -0.4 is 10.6 Å². The molecule has 0 radical (unpaired) electrons.